The summed E-state index contributed by atoms with van der Waals surface area (Å²) in [6, 6.07) is 15.1. The van der Waals surface area contributed by atoms with Crippen molar-refractivity contribution in [3.05, 3.63) is 53.6 Å². The molecule has 2 aromatic rings. The lowest BCUT2D eigenvalue weighted by Gasteiger charge is -2.11. The standard InChI is InChI=1S/C18H23NO/c1-13-7-10-18(20-3)17(11-13)16-6-4-5-15(12-16)9-8-14(2)19/h4-7,10-12,14H,8-9,19H2,1-3H3. The van der Waals surface area contributed by atoms with Gasteiger partial charge in [-0.3, -0.25) is 0 Å². The third-order valence-corrected chi connectivity index (χ3v) is 3.48. The topological polar surface area (TPSA) is 35.2 Å². The van der Waals surface area contributed by atoms with Gasteiger partial charge in [0.25, 0.3) is 0 Å². The Kier molecular flexibility index (Phi) is 4.80. The van der Waals surface area contributed by atoms with Crippen LogP contribution in [0.25, 0.3) is 11.1 Å². The number of ether oxygens (including phenoxy) is 1. The van der Waals surface area contributed by atoms with E-state index in [9.17, 15) is 0 Å². The van der Waals surface area contributed by atoms with Gasteiger partial charge >= 0.3 is 0 Å². The van der Waals surface area contributed by atoms with Gasteiger partial charge in [0, 0.05) is 11.6 Å². The van der Waals surface area contributed by atoms with Gasteiger partial charge in [0.05, 0.1) is 7.11 Å². The van der Waals surface area contributed by atoms with Crippen LogP contribution in [0.15, 0.2) is 42.5 Å². The third kappa shape index (κ3) is 3.61. The molecule has 2 N–H and O–H groups in total. The largest absolute Gasteiger partial charge is 0.496 e. The lowest BCUT2D eigenvalue weighted by Crippen LogP contribution is -2.15. The van der Waals surface area contributed by atoms with Gasteiger partial charge in [0.1, 0.15) is 5.75 Å². The zero-order chi connectivity index (χ0) is 14.5. The zero-order valence-corrected chi connectivity index (χ0v) is 12.5. The molecule has 2 rings (SSSR count). The summed E-state index contributed by atoms with van der Waals surface area (Å²) in [4.78, 5) is 0. The van der Waals surface area contributed by atoms with E-state index in [0.29, 0.717) is 0 Å². The number of hydrogen-bond donors (Lipinski definition) is 1. The summed E-state index contributed by atoms with van der Waals surface area (Å²) in [6.45, 7) is 4.15. The SMILES string of the molecule is COc1ccc(C)cc1-c1cccc(CCC(C)N)c1. The van der Waals surface area contributed by atoms with Crippen LogP contribution < -0.4 is 10.5 Å². The smallest absolute Gasteiger partial charge is 0.126 e. The van der Waals surface area contributed by atoms with Crippen LogP contribution in [0.3, 0.4) is 0 Å². The molecule has 0 amide bonds. The highest BCUT2D eigenvalue weighted by Crippen LogP contribution is 2.31. The third-order valence-electron chi connectivity index (χ3n) is 3.48. The number of hydrogen-bond acceptors (Lipinski definition) is 2. The fourth-order valence-electron chi connectivity index (χ4n) is 2.34. The van der Waals surface area contributed by atoms with E-state index in [1.807, 2.05) is 13.0 Å². The Labute approximate surface area is 121 Å². The van der Waals surface area contributed by atoms with Crippen LogP contribution in [-0.4, -0.2) is 13.2 Å². The summed E-state index contributed by atoms with van der Waals surface area (Å²) in [5.74, 6) is 0.917. The van der Waals surface area contributed by atoms with Crippen molar-refractivity contribution in [1.29, 1.82) is 0 Å². The second-order valence-electron chi connectivity index (χ2n) is 5.42. The van der Waals surface area contributed by atoms with Crippen LogP contribution in [-0.2, 0) is 6.42 Å². The van der Waals surface area contributed by atoms with Gasteiger partial charge in [-0.2, -0.15) is 0 Å². The van der Waals surface area contributed by atoms with E-state index in [-0.39, 0.29) is 6.04 Å². The Morgan fingerprint density at radius 3 is 2.65 bits per heavy atom. The molecule has 2 heteroatoms. The van der Waals surface area contributed by atoms with E-state index >= 15 is 0 Å². The molecular weight excluding hydrogens is 246 g/mol. The molecule has 0 spiro atoms. The number of benzene rings is 2. The first-order valence-corrected chi connectivity index (χ1v) is 7.09. The van der Waals surface area contributed by atoms with Crippen LogP contribution in [0, 0.1) is 6.92 Å². The molecule has 0 aliphatic carbocycles. The molecule has 0 radical (unpaired) electrons. The summed E-state index contributed by atoms with van der Waals surface area (Å²) in [6.07, 6.45) is 2.02. The molecule has 0 saturated heterocycles. The van der Waals surface area contributed by atoms with E-state index in [1.165, 1.54) is 16.7 Å². The molecule has 2 aromatic carbocycles. The predicted octanol–water partition coefficient (Wildman–Crippen LogP) is 3.95. The molecule has 0 saturated carbocycles. The van der Waals surface area contributed by atoms with E-state index in [0.717, 1.165) is 24.2 Å². The van der Waals surface area contributed by atoms with Gasteiger partial charge in [-0.15, -0.1) is 0 Å². The lowest BCUT2D eigenvalue weighted by molar-refractivity contribution is 0.416. The quantitative estimate of drug-likeness (QED) is 0.892. The van der Waals surface area contributed by atoms with E-state index in [4.69, 9.17) is 10.5 Å². The van der Waals surface area contributed by atoms with E-state index in [1.54, 1.807) is 7.11 Å². The minimum Gasteiger partial charge on any atom is -0.496 e. The van der Waals surface area contributed by atoms with Crippen molar-refractivity contribution in [2.24, 2.45) is 5.73 Å². The summed E-state index contributed by atoms with van der Waals surface area (Å²) in [5, 5.41) is 0. The van der Waals surface area contributed by atoms with Crippen LogP contribution in [0.5, 0.6) is 5.75 Å². The van der Waals surface area contributed by atoms with Gasteiger partial charge in [-0.05, 0) is 49.9 Å². The average molecular weight is 269 g/mol. The Bertz CT molecular complexity index is 575. The first-order valence-electron chi connectivity index (χ1n) is 7.09. The predicted molar refractivity (Wildman–Crippen MR) is 85.1 cm³/mol. The number of aryl methyl sites for hydroxylation is 2. The minimum absolute atomic E-state index is 0.243. The monoisotopic (exact) mass is 269 g/mol. The van der Waals surface area contributed by atoms with E-state index in [2.05, 4.69) is 43.3 Å². The minimum atomic E-state index is 0.243. The summed E-state index contributed by atoms with van der Waals surface area (Å²) >= 11 is 0. The molecule has 1 atom stereocenters. The van der Waals surface area contributed by atoms with Crippen molar-refractivity contribution in [2.45, 2.75) is 32.7 Å². The van der Waals surface area contributed by atoms with Crippen LogP contribution in [0.4, 0.5) is 0 Å². The van der Waals surface area contributed by atoms with Crippen LogP contribution in [0.2, 0.25) is 0 Å². The van der Waals surface area contributed by atoms with Gasteiger partial charge in [-0.1, -0.05) is 35.9 Å². The maximum absolute atomic E-state index is 5.83. The maximum Gasteiger partial charge on any atom is 0.126 e. The molecule has 0 aliphatic heterocycles. The second kappa shape index (κ2) is 6.58. The second-order valence-corrected chi connectivity index (χ2v) is 5.42. The molecular formula is C18H23NO. The Hall–Kier alpha value is -1.80. The van der Waals surface area contributed by atoms with Crippen molar-refractivity contribution >= 4 is 0 Å². The van der Waals surface area contributed by atoms with Crippen molar-refractivity contribution in [1.82, 2.24) is 0 Å². The first kappa shape index (κ1) is 14.6. The zero-order valence-electron chi connectivity index (χ0n) is 12.5. The average Bonchev–Trinajstić information content (AvgIpc) is 2.45. The highest BCUT2D eigenvalue weighted by Gasteiger charge is 2.07. The molecule has 0 heterocycles. The summed E-state index contributed by atoms with van der Waals surface area (Å²) in [5.41, 5.74) is 10.7. The van der Waals surface area contributed by atoms with Gasteiger partial charge < -0.3 is 10.5 Å². The molecule has 106 valence electrons. The highest BCUT2D eigenvalue weighted by molar-refractivity contribution is 5.71. The molecule has 20 heavy (non-hydrogen) atoms. The maximum atomic E-state index is 5.83. The van der Waals surface area contributed by atoms with E-state index < -0.39 is 0 Å². The molecule has 2 nitrogen and oxygen atoms in total. The fourth-order valence-corrected chi connectivity index (χ4v) is 2.34. The van der Waals surface area contributed by atoms with Crippen LogP contribution in [0.1, 0.15) is 24.5 Å². The molecule has 0 aliphatic rings. The van der Waals surface area contributed by atoms with Crippen molar-refractivity contribution in [3.8, 4) is 16.9 Å². The van der Waals surface area contributed by atoms with Gasteiger partial charge in [-0.25, -0.2) is 0 Å². The Morgan fingerprint density at radius 2 is 1.95 bits per heavy atom. The van der Waals surface area contributed by atoms with Crippen molar-refractivity contribution in [3.63, 3.8) is 0 Å². The molecule has 1 unspecified atom stereocenters. The van der Waals surface area contributed by atoms with Crippen molar-refractivity contribution in [2.75, 3.05) is 7.11 Å². The fraction of sp³-hybridized carbons (Fsp3) is 0.333. The van der Waals surface area contributed by atoms with Gasteiger partial charge in [0.2, 0.25) is 0 Å². The Morgan fingerprint density at radius 1 is 1.15 bits per heavy atom. The number of methoxy groups -OCH3 is 1. The number of nitrogens with two attached hydrogens (primary N) is 1. The van der Waals surface area contributed by atoms with Gasteiger partial charge in [0.15, 0.2) is 0 Å². The lowest BCUT2D eigenvalue weighted by atomic mass is 9.98. The summed E-state index contributed by atoms with van der Waals surface area (Å²) in [7, 11) is 1.72. The van der Waals surface area contributed by atoms with Crippen LogP contribution >= 0.6 is 0 Å². The normalized spacial score (nSPS) is 12.2. The number of rotatable bonds is 5. The first-order chi connectivity index (χ1) is 9.60. The van der Waals surface area contributed by atoms with Crippen molar-refractivity contribution < 1.29 is 4.74 Å². The molecule has 0 fully saturated rings. The summed E-state index contributed by atoms with van der Waals surface area (Å²) < 4.78 is 5.47. The molecule has 0 aromatic heterocycles. The Balaban J connectivity index is 2.33. The highest BCUT2D eigenvalue weighted by atomic mass is 16.5. The molecule has 0 bridgehead atoms.